The second-order valence-corrected chi connectivity index (χ2v) is 7.58. The van der Waals surface area contributed by atoms with Crippen LogP contribution in [-0.4, -0.2) is 0 Å². The van der Waals surface area contributed by atoms with Gasteiger partial charge in [-0.05, 0) is 60.2 Å². The summed E-state index contributed by atoms with van der Waals surface area (Å²) in [6.45, 7) is 11.2. The summed E-state index contributed by atoms with van der Waals surface area (Å²) >= 11 is 1.90. The van der Waals surface area contributed by atoms with Crippen LogP contribution < -0.4 is 0 Å². The highest BCUT2D eigenvalue weighted by atomic mass is 32.1. The highest BCUT2D eigenvalue weighted by Crippen LogP contribution is 2.37. The molecule has 0 radical (unpaired) electrons. The summed E-state index contributed by atoms with van der Waals surface area (Å²) in [7, 11) is 0. The lowest BCUT2D eigenvalue weighted by molar-refractivity contribution is 0.591. The van der Waals surface area contributed by atoms with Gasteiger partial charge in [0.2, 0.25) is 0 Å². The first-order valence-corrected chi connectivity index (χ1v) is 7.62. The molecule has 0 fully saturated rings. The quantitative estimate of drug-likeness (QED) is 0.471. The molecule has 0 saturated heterocycles. The third kappa shape index (κ3) is 2.06. The predicted molar refractivity (Wildman–Crippen MR) is 87.5 cm³/mol. The van der Waals surface area contributed by atoms with E-state index >= 15 is 0 Å². The van der Waals surface area contributed by atoms with Gasteiger partial charge in [0.15, 0.2) is 0 Å². The molecule has 0 amide bonds. The van der Waals surface area contributed by atoms with Gasteiger partial charge in [-0.3, -0.25) is 0 Å². The topological polar surface area (TPSA) is 0 Å². The molecule has 0 aliphatic carbocycles. The molecule has 0 unspecified atom stereocenters. The van der Waals surface area contributed by atoms with Crippen LogP contribution in [0.5, 0.6) is 0 Å². The number of aryl methyl sites for hydroxylation is 2. The third-order valence-electron chi connectivity index (χ3n) is 3.95. The average molecular weight is 268 g/mol. The number of benzene rings is 2. The summed E-state index contributed by atoms with van der Waals surface area (Å²) in [5.74, 6) is 0. The van der Waals surface area contributed by atoms with Crippen LogP contribution in [0.1, 0.15) is 37.5 Å². The standard InChI is InChI=1S/C18H20S/c1-11-8-14-15-10-13(18(3,4)5)6-7-16(15)19-17(14)9-12(11)2/h6-10H,1-5H3. The maximum absolute atomic E-state index is 2.38. The van der Waals surface area contributed by atoms with Gasteiger partial charge in [0.25, 0.3) is 0 Å². The smallest absolute Gasteiger partial charge is 0.0358 e. The van der Waals surface area contributed by atoms with E-state index in [0.717, 1.165) is 0 Å². The van der Waals surface area contributed by atoms with E-state index in [-0.39, 0.29) is 5.41 Å². The molecule has 0 spiro atoms. The van der Waals surface area contributed by atoms with Crippen molar-refractivity contribution >= 4 is 31.5 Å². The van der Waals surface area contributed by atoms with Crippen molar-refractivity contribution in [2.45, 2.75) is 40.0 Å². The lowest BCUT2D eigenvalue weighted by Crippen LogP contribution is -2.10. The average Bonchev–Trinajstić information content (AvgIpc) is 2.65. The largest absolute Gasteiger partial charge is 0.135 e. The Labute approximate surface area is 119 Å². The van der Waals surface area contributed by atoms with E-state index in [1.807, 2.05) is 11.3 Å². The first-order chi connectivity index (χ1) is 8.86. The van der Waals surface area contributed by atoms with Crippen molar-refractivity contribution < 1.29 is 0 Å². The lowest BCUT2D eigenvalue weighted by atomic mass is 9.86. The first-order valence-electron chi connectivity index (χ1n) is 6.80. The van der Waals surface area contributed by atoms with Crippen LogP contribution in [0.15, 0.2) is 30.3 Å². The van der Waals surface area contributed by atoms with Gasteiger partial charge in [-0.15, -0.1) is 11.3 Å². The van der Waals surface area contributed by atoms with Gasteiger partial charge in [0.1, 0.15) is 0 Å². The normalized spacial score (nSPS) is 12.5. The van der Waals surface area contributed by atoms with E-state index in [4.69, 9.17) is 0 Å². The zero-order valence-corrected chi connectivity index (χ0v) is 13.1. The van der Waals surface area contributed by atoms with Crippen LogP contribution in [0.4, 0.5) is 0 Å². The summed E-state index contributed by atoms with van der Waals surface area (Å²) in [5, 5.41) is 2.82. The highest BCUT2D eigenvalue weighted by molar-refractivity contribution is 7.25. The highest BCUT2D eigenvalue weighted by Gasteiger charge is 2.15. The fourth-order valence-corrected chi connectivity index (χ4v) is 3.67. The maximum atomic E-state index is 2.38. The predicted octanol–water partition coefficient (Wildman–Crippen LogP) is 5.97. The number of rotatable bonds is 0. The van der Waals surface area contributed by atoms with E-state index < -0.39 is 0 Å². The monoisotopic (exact) mass is 268 g/mol. The van der Waals surface area contributed by atoms with Crippen LogP contribution >= 0.6 is 11.3 Å². The van der Waals surface area contributed by atoms with Crippen LogP contribution in [0.25, 0.3) is 20.2 Å². The summed E-state index contributed by atoms with van der Waals surface area (Å²) in [6.07, 6.45) is 0. The van der Waals surface area contributed by atoms with Gasteiger partial charge in [-0.2, -0.15) is 0 Å². The molecule has 1 heteroatoms. The van der Waals surface area contributed by atoms with Crippen molar-refractivity contribution in [2.24, 2.45) is 0 Å². The van der Waals surface area contributed by atoms with Gasteiger partial charge < -0.3 is 0 Å². The second kappa shape index (κ2) is 4.08. The summed E-state index contributed by atoms with van der Waals surface area (Å²) < 4.78 is 2.80. The molecule has 0 bridgehead atoms. The number of thiophene rings is 1. The van der Waals surface area contributed by atoms with Gasteiger partial charge in [0.05, 0.1) is 0 Å². The summed E-state index contributed by atoms with van der Waals surface area (Å²) in [4.78, 5) is 0. The Balaban J connectivity index is 2.38. The second-order valence-electron chi connectivity index (χ2n) is 6.50. The third-order valence-corrected chi connectivity index (χ3v) is 5.09. The van der Waals surface area contributed by atoms with E-state index in [1.54, 1.807) is 0 Å². The molecular weight excluding hydrogens is 248 g/mol. The van der Waals surface area contributed by atoms with Crippen LogP contribution in [0.3, 0.4) is 0 Å². The van der Waals surface area contributed by atoms with Crippen molar-refractivity contribution in [2.75, 3.05) is 0 Å². The molecule has 19 heavy (non-hydrogen) atoms. The Hall–Kier alpha value is -1.34. The van der Waals surface area contributed by atoms with E-state index in [0.29, 0.717) is 0 Å². The van der Waals surface area contributed by atoms with Crippen LogP contribution in [-0.2, 0) is 5.41 Å². The zero-order chi connectivity index (χ0) is 13.8. The molecule has 1 aromatic heterocycles. The van der Waals surface area contributed by atoms with Crippen LogP contribution in [0, 0.1) is 13.8 Å². The minimum absolute atomic E-state index is 0.211. The molecule has 0 nitrogen and oxygen atoms in total. The Kier molecular flexibility index (Phi) is 2.72. The maximum Gasteiger partial charge on any atom is 0.0358 e. The summed E-state index contributed by atoms with van der Waals surface area (Å²) in [6, 6.07) is 11.6. The molecule has 3 aromatic rings. The van der Waals surface area contributed by atoms with E-state index in [1.165, 1.54) is 36.9 Å². The molecule has 1 heterocycles. The van der Waals surface area contributed by atoms with Crippen molar-refractivity contribution in [3.05, 3.63) is 47.0 Å². The van der Waals surface area contributed by atoms with Crippen molar-refractivity contribution in [3.8, 4) is 0 Å². The van der Waals surface area contributed by atoms with Crippen molar-refractivity contribution in [1.29, 1.82) is 0 Å². The van der Waals surface area contributed by atoms with Gasteiger partial charge >= 0.3 is 0 Å². The van der Waals surface area contributed by atoms with Gasteiger partial charge in [0, 0.05) is 20.2 Å². The van der Waals surface area contributed by atoms with E-state index in [2.05, 4.69) is 65.0 Å². The molecule has 0 aliphatic heterocycles. The molecular formula is C18H20S. The molecule has 0 aliphatic rings. The zero-order valence-electron chi connectivity index (χ0n) is 12.3. The Morgan fingerprint density at radius 3 is 2.11 bits per heavy atom. The lowest BCUT2D eigenvalue weighted by Gasteiger charge is -2.18. The fourth-order valence-electron chi connectivity index (χ4n) is 2.50. The molecule has 0 atom stereocenters. The van der Waals surface area contributed by atoms with Gasteiger partial charge in [-0.1, -0.05) is 26.8 Å². The molecule has 2 aromatic carbocycles. The van der Waals surface area contributed by atoms with Crippen LogP contribution in [0.2, 0.25) is 0 Å². The first kappa shape index (κ1) is 12.7. The minimum Gasteiger partial charge on any atom is -0.135 e. The number of hydrogen-bond acceptors (Lipinski definition) is 1. The van der Waals surface area contributed by atoms with Crippen molar-refractivity contribution in [3.63, 3.8) is 0 Å². The van der Waals surface area contributed by atoms with Crippen molar-refractivity contribution in [1.82, 2.24) is 0 Å². The molecule has 0 saturated carbocycles. The van der Waals surface area contributed by atoms with E-state index in [9.17, 15) is 0 Å². The molecule has 98 valence electrons. The van der Waals surface area contributed by atoms with Gasteiger partial charge in [-0.25, -0.2) is 0 Å². The Morgan fingerprint density at radius 2 is 1.42 bits per heavy atom. The Bertz CT molecular complexity index is 770. The minimum atomic E-state index is 0.211. The Morgan fingerprint density at radius 1 is 0.789 bits per heavy atom. The SMILES string of the molecule is Cc1cc2sc3ccc(C(C)(C)C)cc3c2cc1C. The molecule has 0 N–H and O–H groups in total. The number of hydrogen-bond donors (Lipinski definition) is 0. The fraction of sp³-hybridized carbons (Fsp3) is 0.333. The number of fused-ring (bicyclic) bond motifs is 3. The molecule has 3 rings (SSSR count). The summed E-state index contributed by atoms with van der Waals surface area (Å²) in [5.41, 5.74) is 4.39.